The number of carbonyl (C=O) groups excluding carboxylic acids is 1. The summed E-state index contributed by atoms with van der Waals surface area (Å²) in [5.41, 5.74) is 8.46. The number of ether oxygens (including phenoxy) is 2. The van der Waals surface area contributed by atoms with E-state index in [4.69, 9.17) is 19.4 Å². The number of carbonyl (C=O) groups is 3. The van der Waals surface area contributed by atoms with Crippen LogP contribution in [0.2, 0.25) is 0 Å². The fourth-order valence-electron chi connectivity index (χ4n) is 8.88. The number of carboxylic acids is 2. The minimum atomic E-state index is -0.982. The van der Waals surface area contributed by atoms with Gasteiger partial charge in [0.1, 0.15) is 0 Å². The molecular weight excluding hydrogens is 817 g/mol. The number of fused-ring (bicyclic) bond motifs is 2. The smallest absolute Gasteiger partial charge is 0.328 e. The molecule has 2 aliphatic carbocycles. The number of amides is 2. The topological polar surface area (TPSA) is 195 Å². The number of urea groups is 1. The van der Waals surface area contributed by atoms with Crippen LogP contribution in [0.3, 0.4) is 0 Å². The molecule has 64 heavy (non-hydrogen) atoms. The van der Waals surface area contributed by atoms with Gasteiger partial charge in [0.05, 0.1) is 39.1 Å². The number of aromatic nitrogens is 6. The molecule has 1 aliphatic heterocycles. The van der Waals surface area contributed by atoms with Crippen LogP contribution in [0.1, 0.15) is 110 Å². The minimum absolute atomic E-state index is 0. The van der Waals surface area contributed by atoms with Crippen molar-refractivity contribution in [2.45, 2.75) is 109 Å². The van der Waals surface area contributed by atoms with E-state index in [1.165, 1.54) is 67.0 Å². The molecule has 5 aromatic heterocycles. The Morgan fingerprint density at radius 3 is 1.73 bits per heavy atom. The van der Waals surface area contributed by atoms with Crippen molar-refractivity contribution in [3.63, 3.8) is 0 Å². The molecule has 0 bridgehead atoms. The summed E-state index contributed by atoms with van der Waals surface area (Å²) in [5, 5.41) is 18.8. The number of aryl methyl sites for hydroxylation is 7. The van der Waals surface area contributed by atoms with Gasteiger partial charge in [-0.1, -0.05) is 24.3 Å². The average Bonchev–Trinajstić information content (AvgIpc) is 3.87. The predicted octanol–water partition coefficient (Wildman–Crippen LogP) is 6.52. The van der Waals surface area contributed by atoms with Gasteiger partial charge >= 0.3 is 23.7 Å². The third kappa shape index (κ3) is 11.5. The Kier molecular flexibility index (Phi) is 15.4. The second-order valence-corrected chi connectivity index (χ2v) is 16.6. The van der Waals surface area contributed by atoms with Gasteiger partial charge in [-0.05, 0) is 111 Å². The molecular formula is C48H60N8O8. The highest BCUT2D eigenvalue weighted by molar-refractivity contribution is 5.78. The summed E-state index contributed by atoms with van der Waals surface area (Å²) in [5.74, 6) is -1.05. The third-order valence-corrected chi connectivity index (χ3v) is 12.3. The maximum Gasteiger partial charge on any atom is 0.328 e. The maximum absolute atomic E-state index is 13.1. The molecule has 16 heteroatoms. The molecule has 2 atom stereocenters. The second kappa shape index (κ2) is 21.7. The number of pyridine rings is 4. The van der Waals surface area contributed by atoms with Crippen LogP contribution < -0.4 is 15.2 Å². The number of methoxy groups -OCH3 is 2. The lowest BCUT2D eigenvalue weighted by molar-refractivity contribution is -0.139. The number of hydrogen-bond acceptors (Lipinski definition) is 10. The number of nitrogens with zero attached hydrogens (tertiary/aromatic N) is 8. The van der Waals surface area contributed by atoms with Crippen LogP contribution in [-0.4, -0.2) is 101 Å². The molecule has 8 rings (SSSR count). The fraction of sp³-hybridized carbons (Fsp3) is 0.458. The highest BCUT2D eigenvalue weighted by Crippen LogP contribution is 2.29. The first-order valence-electron chi connectivity index (χ1n) is 22.3. The quantitative estimate of drug-likeness (QED) is 0.0969. The Hall–Kier alpha value is -6.58. The monoisotopic (exact) mass is 876 g/mol. The van der Waals surface area contributed by atoms with E-state index < -0.39 is 24.0 Å². The van der Waals surface area contributed by atoms with E-state index >= 15 is 0 Å². The molecule has 0 saturated carbocycles. The van der Waals surface area contributed by atoms with Crippen molar-refractivity contribution in [1.82, 2.24) is 38.9 Å². The summed E-state index contributed by atoms with van der Waals surface area (Å²) in [6.45, 7) is 2.27. The van der Waals surface area contributed by atoms with E-state index in [0.29, 0.717) is 49.1 Å². The van der Waals surface area contributed by atoms with Crippen LogP contribution >= 0.6 is 0 Å². The third-order valence-electron chi connectivity index (χ3n) is 12.3. The second-order valence-electron chi connectivity index (χ2n) is 16.6. The van der Waals surface area contributed by atoms with E-state index in [1.54, 1.807) is 58.5 Å². The minimum Gasteiger partial charge on any atom is -0.481 e. The average molecular weight is 877 g/mol. The Bertz CT molecular complexity index is 2440. The van der Waals surface area contributed by atoms with Crippen LogP contribution in [0.4, 0.5) is 4.79 Å². The first kappa shape index (κ1) is 45.4. The van der Waals surface area contributed by atoms with Gasteiger partial charge < -0.3 is 29.5 Å². The number of carboxylic acid groups (broad SMARTS) is 2. The van der Waals surface area contributed by atoms with Crippen LogP contribution in [0, 0.1) is 0 Å². The molecule has 0 aromatic carbocycles. The van der Waals surface area contributed by atoms with Crippen molar-refractivity contribution >= 4 is 18.0 Å². The van der Waals surface area contributed by atoms with Gasteiger partial charge in [-0.3, -0.25) is 28.7 Å². The van der Waals surface area contributed by atoms with Gasteiger partial charge in [0.25, 0.3) is 0 Å². The lowest BCUT2D eigenvalue weighted by atomic mass is 9.95. The summed E-state index contributed by atoms with van der Waals surface area (Å²) in [6.07, 6.45) is 18.6. The molecule has 1 saturated heterocycles. The first-order chi connectivity index (χ1) is 31.1. The Morgan fingerprint density at radius 2 is 1.20 bits per heavy atom. The van der Waals surface area contributed by atoms with E-state index in [0.717, 1.165) is 62.8 Å². The van der Waals surface area contributed by atoms with Crippen LogP contribution in [0.15, 0.2) is 78.1 Å². The van der Waals surface area contributed by atoms with E-state index in [-0.39, 0.29) is 26.0 Å². The Balaban J connectivity index is 0.000000212. The number of imidazole rings is 1. The standard InChI is InChI=1S/C24H30N4O4.C24H28N4O4.H2/c2*1-32-22-11-9-18(16-25-22)21(15-23(29)30)28-14-13-27(24(28)31)12-4-6-19-10-8-17-5-2-3-7-20(17)26-19;/h8-11,16,21H,2-7,12-15H2,1H3,(H,29,30);8-11,13-14,16,21H,2-7,12,15H2,1H3,(H,29,30);1H/t2*21-;/m00./s1. The maximum atomic E-state index is 13.1. The van der Waals surface area contributed by atoms with Crippen LogP contribution in [-0.2, 0) is 54.7 Å². The summed E-state index contributed by atoms with van der Waals surface area (Å²) in [4.78, 5) is 70.4. The lowest BCUT2D eigenvalue weighted by Gasteiger charge is -2.27. The van der Waals surface area contributed by atoms with Crippen LogP contribution in [0.25, 0.3) is 0 Å². The summed E-state index contributed by atoms with van der Waals surface area (Å²) < 4.78 is 13.2. The Morgan fingerprint density at radius 1 is 0.672 bits per heavy atom. The molecule has 2 amide bonds. The Labute approximate surface area is 374 Å². The van der Waals surface area contributed by atoms with E-state index in [2.05, 4.69) is 34.2 Å². The molecule has 5 aromatic rings. The zero-order chi connectivity index (χ0) is 45.0. The normalized spacial score (nSPS) is 15.4. The predicted molar refractivity (Wildman–Crippen MR) is 240 cm³/mol. The summed E-state index contributed by atoms with van der Waals surface area (Å²) >= 11 is 0. The molecule has 1 fully saturated rings. The van der Waals surface area contributed by atoms with Crippen molar-refractivity contribution in [2.75, 3.05) is 33.9 Å². The molecule has 0 spiro atoms. The molecule has 2 N–H and O–H groups in total. The van der Waals surface area contributed by atoms with Crippen molar-refractivity contribution in [3.8, 4) is 11.8 Å². The van der Waals surface area contributed by atoms with Crippen molar-refractivity contribution in [3.05, 3.63) is 129 Å². The molecule has 6 heterocycles. The largest absolute Gasteiger partial charge is 0.481 e. The van der Waals surface area contributed by atoms with Gasteiger partial charge in [-0.15, -0.1) is 0 Å². The SMILES string of the molecule is COc1ccc([C@H](CC(=O)O)N2CCN(CCCc3ccc4c(n3)CCCC4)C2=O)cn1.COc1ccc([C@H](CC(=O)O)n2ccn(CCCc3ccc4c(n3)CCCC4)c2=O)cn1.[HH]. The van der Waals surface area contributed by atoms with Crippen molar-refractivity contribution < 1.29 is 35.5 Å². The first-order valence-corrected chi connectivity index (χ1v) is 22.3. The number of aliphatic carboxylic acids is 2. The van der Waals surface area contributed by atoms with Gasteiger partial charge in [0.2, 0.25) is 11.8 Å². The van der Waals surface area contributed by atoms with E-state index in [1.807, 2.05) is 4.90 Å². The highest BCUT2D eigenvalue weighted by Gasteiger charge is 2.35. The summed E-state index contributed by atoms with van der Waals surface area (Å²) in [6, 6.07) is 14.2. The van der Waals surface area contributed by atoms with Crippen LogP contribution in [0.5, 0.6) is 11.8 Å². The molecule has 0 unspecified atom stereocenters. The van der Waals surface area contributed by atoms with Crippen molar-refractivity contribution in [2.24, 2.45) is 0 Å². The van der Waals surface area contributed by atoms with E-state index in [9.17, 15) is 29.4 Å². The van der Waals surface area contributed by atoms with Gasteiger partial charge in [-0.25, -0.2) is 19.6 Å². The number of rotatable bonds is 18. The molecule has 3 aliphatic rings. The fourth-order valence-corrected chi connectivity index (χ4v) is 8.88. The molecule has 16 nitrogen and oxygen atoms in total. The highest BCUT2D eigenvalue weighted by atomic mass is 16.5. The zero-order valence-electron chi connectivity index (χ0n) is 36.7. The van der Waals surface area contributed by atoms with Gasteiger partial charge in [-0.2, -0.15) is 0 Å². The lowest BCUT2D eigenvalue weighted by Crippen LogP contribution is -2.36. The van der Waals surface area contributed by atoms with Gasteiger partial charge in [0, 0.05) is 87.3 Å². The molecule has 0 radical (unpaired) electrons. The zero-order valence-corrected chi connectivity index (χ0v) is 36.7. The van der Waals surface area contributed by atoms with Crippen molar-refractivity contribution in [1.29, 1.82) is 0 Å². The molecule has 340 valence electrons. The number of hydrogen-bond donors (Lipinski definition) is 2. The summed E-state index contributed by atoms with van der Waals surface area (Å²) in [7, 11) is 3.04. The van der Waals surface area contributed by atoms with Gasteiger partial charge in [0.15, 0.2) is 0 Å².